The van der Waals surface area contributed by atoms with E-state index in [1.165, 1.54) is 0 Å². The zero-order valence-electron chi connectivity index (χ0n) is 9.28. The van der Waals surface area contributed by atoms with Gasteiger partial charge < -0.3 is 0 Å². The number of rotatable bonds is 2. The number of nitrogens with zero attached hydrogens (tertiary/aromatic N) is 1. The quantitative estimate of drug-likeness (QED) is 0.664. The summed E-state index contributed by atoms with van der Waals surface area (Å²) in [7, 11) is 0. The van der Waals surface area contributed by atoms with Crippen LogP contribution in [0.2, 0.25) is 0 Å². The van der Waals surface area contributed by atoms with Crippen LogP contribution in [0, 0.1) is 6.92 Å². The summed E-state index contributed by atoms with van der Waals surface area (Å²) < 4.78 is 0. The largest absolute Gasteiger partial charge is 0.326 e. The van der Waals surface area contributed by atoms with E-state index >= 15 is 0 Å². The van der Waals surface area contributed by atoms with Gasteiger partial charge in [-0.2, -0.15) is 5.10 Å². The van der Waals surface area contributed by atoms with Crippen LogP contribution in [0.25, 0.3) is 0 Å². The number of carbonyl (C=O) groups is 2. The molecule has 1 aliphatic rings. The topological polar surface area (TPSA) is 82.6 Å². The number of benzene rings is 1. The zero-order valence-corrected chi connectivity index (χ0v) is 9.28. The molecule has 0 aliphatic carbocycles. The number of nitrogens with one attached hydrogen (secondary N) is 3. The van der Waals surface area contributed by atoms with Crippen molar-refractivity contribution in [3.63, 3.8) is 0 Å². The molecule has 0 unspecified atom stereocenters. The highest BCUT2D eigenvalue weighted by molar-refractivity contribution is 6.16. The summed E-state index contributed by atoms with van der Waals surface area (Å²) in [4.78, 5) is 22.1. The Morgan fingerprint density at radius 3 is 2.71 bits per heavy atom. The average molecular weight is 232 g/mol. The minimum atomic E-state index is -0.549. The first kappa shape index (κ1) is 11.1. The third-order valence-electron chi connectivity index (χ3n) is 2.30. The number of anilines is 1. The van der Waals surface area contributed by atoms with E-state index in [0.29, 0.717) is 5.84 Å². The molecule has 6 nitrogen and oxygen atoms in total. The number of urea groups is 1. The molecule has 0 bridgehead atoms. The molecule has 3 amide bonds. The molecular weight excluding hydrogens is 220 g/mol. The molecule has 0 saturated carbocycles. The Kier molecular flexibility index (Phi) is 3.04. The van der Waals surface area contributed by atoms with Gasteiger partial charge in [-0.05, 0) is 18.6 Å². The van der Waals surface area contributed by atoms with Gasteiger partial charge in [0, 0.05) is 0 Å². The molecule has 17 heavy (non-hydrogen) atoms. The molecule has 3 N–H and O–H groups in total. The first-order valence-corrected chi connectivity index (χ1v) is 5.14. The zero-order chi connectivity index (χ0) is 12.3. The SMILES string of the molecule is Cc1ccccc1NN=C1CC(=O)NC(=O)N1. The van der Waals surface area contributed by atoms with Crippen LogP contribution in [0.5, 0.6) is 0 Å². The maximum atomic E-state index is 11.1. The average Bonchev–Trinajstić information content (AvgIpc) is 2.27. The maximum Gasteiger partial charge on any atom is 0.326 e. The highest BCUT2D eigenvalue weighted by Gasteiger charge is 2.19. The standard InChI is InChI=1S/C11H12N4O2/c1-7-4-2-3-5-8(7)14-15-9-6-10(16)13-11(17)12-9/h2-5,14H,6H2,1H3,(H2,12,13,15,16,17). The summed E-state index contributed by atoms with van der Waals surface area (Å²) >= 11 is 0. The summed E-state index contributed by atoms with van der Waals surface area (Å²) in [6.07, 6.45) is 0.0601. The van der Waals surface area contributed by atoms with Crippen LogP contribution in [0.4, 0.5) is 10.5 Å². The Morgan fingerprint density at radius 2 is 2.00 bits per heavy atom. The van der Waals surface area contributed by atoms with Crippen LogP contribution >= 0.6 is 0 Å². The van der Waals surface area contributed by atoms with Crippen molar-refractivity contribution in [1.29, 1.82) is 0 Å². The molecule has 0 aromatic heterocycles. The minimum absolute atomic E-state index is 0.0601. The van der Waals surface area contributed by atoms with E-state index in [-0.39, 0.29) is 12.3 Å². The number of aryl methyl sites for hydroxylation is 1. The third kappa shape index (κ3) is 2.81. The lowest BCUT2D eigenvalue weighted by Gasteiger charge is -2.14. The second-order valence-corrected chi connectivity index (χ2v) is 3.66. The number of para-hydroxylation sites is 1. The number of hydrazone groups is 1. The van der Waals surface area contributed by atoms with Gasteiger partial charge in [-0.3, -0.25) is 20.9 Å². The number of imide groups is 1. The molecule has 6 heteroatoms. The van der Waals surface area contributed by atoms with Crippen molar-refractivity contribution in [2.24, 2.45) is 5.10 Å². The van der Waals surface area contributed by atoms with Crippen molar-refractivity contribution in [3.05, 3.63) is 29.8 Å². The van der Waals surface area contributed by atoms with E-state index in [0.717, 1.165) is 11.3 Å². The second kappa shape index (κ2) is 4.65. The summed E-state index contributed by atoms with van der Waals surface area (Å²) in [5, 5.41) is 8.56. The molecule has 88 valence electrons. The van der Waals surface area contributed by atoms with Gasteiger partial charge in [0.25, 0.3) is 0 Å². The summed E-state index contributed by atoms with van der Waals surface area (Å²) in [6, 6.07) is 7.05. The second-order valence-electron chi connectivity index (χ2n) is 3.66. The Hall–Kier alpha value is -2.37. The van der Waals surface area contributed by atoms with Crippen molar-refractivity contribution in [1.82, 2.24) is 10.6 Å². The highest BCUT2D eigenvalue weighted by Crippen LogP contribution is 2.12. The van der Waals surface area contributed by atoms with Gasteiger partial charge in [0.05, 0.1) is 12.1 Å². The molecular formula is C11H12N4O2. The predicted octanol–water partition coefficient (Wildman–Crippen LogP) is 0.950. The summed E-state index contributed by atoms with van der Waals surface area (Å²) in [5.41, 5.74) is 4.68. The third-order valence-corrected chi connectivity index (χ3v) is 2.30. The van der Waals surface area contributed by atoms with Crippen LogP contribution in [0.15, 0.2) is 29.4 Å². The van der Waals surface area contributed by atoms with Gasteiger partial charge in [0.2, 0.25) is 5.91 Å². The normalized spacial score (nSPS) is 17.6. The lowest BCUT2D eigenvalue weighted by Crippen LogP contribution is -2.50. The van der Waals surface area contributed by atoms with Crippen LogP contribution in [-0.4, -0.2) is 17.8 Å². The van der Waals surface area contributed by atoms with E-state index in [2.05, 4.69) is 21.2 Å². The fourth-order valence-electron chi connectivity index (χ4n) is 1.42. The fraction of sp³-hybridized carbons (Fsp3) is 0.182. The number of hydrogen-bond acceptors (Lipinski definition) is 4. The van der Waals surface area contributed by atoms with Gasteiger partial charge in [0.15, 0.2) is 0 Å². The number of carbonyl (C=O) groups excluding carboxylic acids is 2. The van der Waals surface area contributed by atoms with E-state index in [1.807, 2.05) is 31.2 Å². The molecule has 1 saturated heterocycles. The molecule has 1 aromatic carbocycles. The van der Waals surface area contributed by atoms with Gasteiger partial charge in [-0.25, -0.2) is 4.79 Å². The van der Waals surface area contributed by atoms with Crippen LogP contribution in [0.1, 0.15) is 12.0 Å². The molecule has 1 aromatic rings. The van der Waals surface area contributed by atoms with Crippen molar-refractivity contribution >= 4 is 23.5 Å². The minimum Gasteiger partial charge on any atom is -0.294 e. The maximum absolute atomic E-state index is 11.1. The summed E-state index contributed by atoms with van der Waals surface area (Å²) in [5.74, 6) is -0.0545. The van der Waals surface area contributed by atoms with Crippen molar-refractivity contribution in [3.8, 4) is 0 Å². The lowest BCUT2D eigenvalue weighted by molar-refractivity contribution is -0.119. The van der Waals surface area contributed by atoms with Gasteiger partial charge >= 0.3 is 6.03 Å². The van der Waals surface area contributed by atoms with Gasteiger partial charge in [-0.15, -0.1) is 0 Å². The monoisotopic (exact) mass is 232 g/mol. The number of hydrogen-bond donors (Lipinski definition) is 3. The molecule has 0 atom stereocenters. The Bertz CT molecular complexity index is 478. The first-order valence-electron chi connectivity index (χ1n) is 5.14. The highest BCUT2D eigenvalue weighted by atomic mass is 16.2. The molecule has 0 radical (unpaired) electrons. The van der Waals surface area contributed by atoms with Gasteiger partial charge in [0.1, 0.15) is 5.84 Å². The van der Waals surface area contributed by atoms with Crippen molar-refractivity contribution in [2.75, 3.05) is 5.43 Å². The number of amides is 3. The van der Waals surface area contributed by atoms with Gasteiger partial charge in [-0.1, -0.05) is 18.2 Å². The lowest BCUT2D eigenvalue weighted by atomic mass is 10.2. The van der Waals surface area contributed by atoms with E-state index < -0.39 is 6.03 Å². The molecule has 2 rings (SSSR count). The Morgan fingerprint density at radius 1 is 1.24 bits per heavy atom. The predicted molar refractivity (Wildman–Crippen MR) is 63.5 cm³/mol. The fourth-order valence-corrected chi connectivity index (χ4v) is 1.42. The first-order chi connectivity index (χ1) is 8.15. The number of amidine groups is 1. The summed E-state index contributed by atoms with van der Waals surface area (Å²) in [6.45, 7) is 1.94. The van der Waals surface area contributed by atoms with Crippen molar-refractivity contribution in [2.45, 2.75) is 13.3 Å². The molecule has 1 heterocycles. The van der Waals surface area contributed by atoms with E-state index in [4.69, 9.17) is 0 Å². The van der Waals surface area contributed by atoms with Crippen LogP contribution < -0.4 is 16.1 Å². The van der Waals surface area contributed by atoms with E-state index in [9.17, 15) is 9.59 Å². The molecule has 1 fully saturated rings. The molecule has 1 aliphatic heterocycles. The van der Waals surface area contributed by atoms with Crippen LogP contribution in [0.3, 0.4) is 0 Å². The van der Waals surface area contributed by atoms with Crippen LogP contribution in [-0.2, 0) is 4.79 Å². The Balaban J connectivity index is 2.08. The van der Waals surface area contributed by atoms with Crippen molar-refractivity contribution < 1.29 is 9.59 Å². The Labute approximate surface area is 98.1 Å². The van der Waals surface area contributed by atoms with E-state index in [1.54, 1.807) is 0 Å². The smallest absolute Gasteiger partial charge is 0.294 e. The molecule has 0 spiro atoms.